The van der Waals surface area contributed by atoms with Gasteiger partial charge in [0.1, 0.15) is 23.6 Å². The third kappa shape index (κ3) is 2.79. The average molecular weight is 491 g/mol. The number of fused-ring (bicyclic) bond motifs is 5. The Morgan fingerprint density at radius 2 is 0.861 bits per heavy atom. The van der Waals surface area contributed by atoms with Crippen LogP contribution in [0, 0.1) is 11.8 Å². The molecule has 36 heavy (non-hydrogen) atoms. The van der Waals surface area contributed by atoms with Crippen LogP contribution in [0.4, 0.5) is 0 Å². The fourth-order valence-electron chi connectivity index (χ4n) is 6.38. The Bertz CT molecular complexity index is 1180. The van der Waals surface area contributed by atoms with E-state index in [-0.39, 0.29) is 23.6 Å². The van der Waals surface area contributed by atoms with Crippen molar-refractivity contribution in [3.05, 3.63) is 59.7 Å². The number of hydrogen-bond donors (Lipinski definition) is 0. The number of likely N-dealkylation sites (tertiary alicyclic amines) is 2. The minimum atomic E-state index is -0.821. The highest BCUT2D eigenvalue weighted by Gasteiger charge is 2.72. The first-order chi connectivity index (χ1) is 17.3. The van der Waals surface area contributed by atoms with E-state index in [1.165, 1.54) is 14.1 Å². The molecule has 4 saturated heterocycles. The van der Waals surface area contributed by atoms with Gasteiger partial charge in [-0.25, -0.2) is 10.0 Å². The molecule has 0 bridgehead atoms. The largest absolute Gasteiger partial charge is 0.497 e. The second-order valence-corrected chi connectivity index (χ2v) is 9.61. The third-order valence-corrected chi connectivity index (χ3v) is 8.08. The lowest BCUT2D eigenvalue weighted by Gasteiger charge is -2.35. The topological polar surface area (TPSA) is 99.7 Å². The first kappa shape index (κ1) is 22.7. The maximum atomic E-state index is 13.5. The minimum Gasteiger partial charge on any atom is -0.497 e. The average Bonchev–Trinajstić information content (AvgIpc) is 3.55. The molecule has 0 radical (unpaired) electrons. The van der Waals surface area contributed by atoms with Gasteiger partial charge >= 0.3 is 0 Å². The van der Waals surface area contributed by atoms with Gasteiger partial charge in [0.15, 0.2) is 0 Å². The van der Waals surface area contributed by atoms with Crippen LogP contribution >= 0.6 is 0 Å². The van der Waals surface area contributed by atoms with Crippen LogP contribution in [0.1, 0.15) is 23.2 Å². The van der Waals surface area contributed by atoms with Gasteiger partial charge in [-0.15, -0.1) is 0 Å². The molecule has 186 valence electrons. The van der Waals surface area contributed by atoms with Crippen LogP contribution in [0.25, 0.3) is 0 Å². The van der Waals surface area contributed by atoms with E-state index in [2.05, 4.69) is 0 Å². The summed E-state index contributed by atoms with van der Waals surface area (Å²) in [7, 11) is 6.11. The molecule has 0 aromatic heterocycles. The van der Waals surface area contributed by atoms with E-state index in [1.807, 2.05) is 34.3 Å². The molecule has 0 saturated carbocycles. The monoisotopic (exact) mass is 490 g/mol. The summed E-state index contributed by atoms with van der Waals surface area (Å²) in [5.41, 5.74) is 1.54. The van der Waals surface area contributed by atoms with Gasteiger partial charge in [-0.2, -0.15) is 0 Å². The summed E-state index contributed by atoms with van der Waals surface area (Å²) < 4.78 is 10.6. The minimum absolute atomic E-state index is 0.296. The number of benzene rings is 2. The Labute approximate surface area is 207 Å². The number of amides is 4. The highest BCUT2D eigenvalue weighted by atomic mass is 16.5. The number of nitrogens with zero attached hydrogens (tertiary/aromatic N) is 4. The van der Waals surface area contributed by atoms with Gasteiger partial charge in [-0.05, 0) is 35.4 Å². The molecular formula is C26H26N4O6. The van der Waals surface area contributed by atoms with Gasteiger partial charge in [0.25, 0.3) is 0 Å². The molecule has 2 aromatic rings. The highest BCUT2D eigenvalue weighted by molar-refractivity contribution is 6.10. The smallest absolute Gasteiger partial charge is 0.248 e. The van der Waals surface area contributed by atoms with Gasteiger partial charge in [0.2, 0.25) is 23.6 Å². The maximum Gasteiger partial charge on any atom is 0.248 e. The van der Waals surface area contributed by atoms with Crippen molar-refractivity contribution < 1.29 is 28.7 Å². The van der Waals surface area contributed by atoms with Crippen molar-refractivity contribution in [1.82, 2.24) is 19.8 Å². The van der Waals surface area contributed by atoms with Crippen molar-refractivity contribution in [2.45, 2.75) is 24.2 Å². The van der Waals surface area contributed by atoms with Crippen LogP contribution in [0.15, 0.2) is 48.5 Å². The summed E-state index contributed by atoms with van der Waals surface area (Å²) in [4.78, 5) is 56.1. The molecule has 4 aliphatic heterocycles. The summed E-state index contributed by atoms with van der Waals surface area (Å²) in [5, 5.41) is 3.67. The van der Waals surface area contributed by atoms with Crippen molar-refractivity contribution in [2.24, 2.45) is 11.8 Å². The maximum absolute atomic E-state index is 13.5. The molecule has 10 nitrogen and oxygen atoms in total. The first-order valence-corrected chi connectivity index (χ1v) is 11.8. The molecule has 4 fully saturated rings. The van der Waals surface area contributed by atoms with E-state index >= 15 is 0 Å². The standard InChI is InChI=1S/C26H26N4O6/c1-27-23(31)17-19(13-5-9-15(35-3)10-6-13)30-22-18(24(32)28(2)26(22)34)20(29(30)21(17)25(27)33)14-7-11-16(36-4)12-8-14/h5-12,17-22H,1-4H3/t17-,18-,19-,20+,21+,22+/m1/s1. The lowest BCUT2D eigenvalue weighted by atomic mass is 9.84. The molecular weight excluding hydrogens is 464 g/mol. The molecule has 0 spiro atoms. The van der Waals surface area contributed by atoms with Gasteiger partial charge in [0, 0.05) is 14.1 Å². The summed E-state index contributed by atoms with van der Waals surface area (Å²) in [5.74, 6) is -1.39. The Morgan fingerprint density at radius 1 is 0.528 bits per heavy atom. The number of rotatable bonds is 4. The van der Waals surface area contributed by atoms with Gasteiger partial charge in [-0.3, -0.25) is 29.0 Å². The number of likely N-dealkylation sites (N-methyl/N-ethyl adjacent to an activating group) is 2. The quantitative estimate of drug-likeness (QED) is 0.586. The predicted octanol–water partition coefficient (Wildman–Crippen LogP) is 0.999. The zero-order chi connectivity index (χ0) is 25.5. The molecule has 4 heterocycles. The van der Waals surface area contributed by atoms with E-state index in [1.54, 1.807) is 38.5 Å². The fourth-order valence-corrected chi connectivity index (χ4v) is 6.38. The van der Waals surface area contributed by atoms with Gasteiger partial charge in [0.05, 0.1) is 38.1 Å². The summed E-state index contributed by atoms with van der Waals surface area (Å²) in [6.07, 6.45) is 0. The number of carbonyl (C=O) groups excluding carboxylic acids is 4. The van der Waals surface area contributed by atoms with Crippen molar-refractivity contribution in [2.75, 3.05) is 28.3 Å². The van der Waals surface area contributed by atoms with E-state index in [0.29, 0.717) is 11.5 Å². The van der Waals surface area contributed by atoms with E-state index < -0.39 is 36.0 Å². The summed E-state index contributed by atoms with van der Waals surface area (Å²) >= 11 is 0. The van der Waals surface area contributed by atoms with Gasteiger partial charge < -0.3 is 9.47 Å². The number of imide groups is 2. The normalized spacial score (nSPS) is 31.8. The fraction of sp³-hybridized carbons (Fsp3) is 0.385. The van der Waals surface area contributed by atoms with Crippen molar-refractivity contribution in [3.63, 3.8) is 0 Å². The number of hydrazine groups is 1. The van der Waals surface area contributed by atoms with Crippen molar-refractivity contribution in [1.29, 1.82) is 0 Å². The lowest BCUT2D eigenvalue weighted by Crippen LogP contribution is -2.49. The Balaban J connectivity index is 1.55. The summed E-state index contributed by atoms with van der Waals surface area (Å²) in [6, 6.07) is 11.7. The van der Waals surface area contributed by atoms with Crippen LogP contribution in [0.3, 0.4) is 0 Å². The van der Waals surface area contributed by atoms with Crippen LogP contribution in [0.2, 0.25) is 0 Å². The van der Waals surface area contributed by atoms with Crippen molar-refractivity contribution >= 4 is 23.6 Å². The van der Waals surface area contributed by atoms with E-state index in [0.717, 1.165) is 20.9 Å². The van der Waals surface area contributed by atoms with Crippen LogP contribution in [-0.2, 0) is 19.2 Å². The van der Waals surface area contributed by atoms with E-state index in [4.69, 9.17) is 9.47 Å². The molecule has 10 heteroatoms. The second-order valence-electron chi connectivity index (χ2n) is 9.61. The molecule has 6 rings (SSSR count). The Kier molecular flexibility index (Phi) is 4.96. The Hall–Kier alpha value is -3.76. The van der Waals surface area contributed by atoms with Gasteiger partial charge in [-0.1, -0.05) is 24.3 Å². The molecule has 4 aliphatic rings. The third-order valence-electron chi connectivity index (χ3n) is 8.08. The molecule has 2 aromatic carbocycles. The number of ether oxygens (including phenoxy) is 2. The zero-order valence-corrected chi connectivity index (χ0v) is 20.3. The van der Waals surface area contributed by atoms with Crippen LogP contribution < -0.4 is 9.47 Å². The predicted molar refractivity (Wildman–Crippen MR) is 125 cm³/mol. The summed E-state index contributed by atoms with van der Waals surface area (Å²) in [6.45, 7) is 0. The van der Waals surface area contributed by atoms with Crippen molar-refractivity contribution in [3.8, 4) is 11.5 Å². The zero-order valence-electron chi connectivity index (χ0n) is 20.3. The molecule has 4 amide bonds. The lowest BCUT2D eigenvalue weighted by molar-refractivity contribution is -0.151. The molecule has 0 unspecified atom stereocenters. The SMILES string of the molecule is COc1ccc([C@@H]2[C@H]3C(=O)N(C)C(=O)[C@H]3N3[C@@H](c4ccc(OC)cc4)[C@H]4C(=O)N(C)C(=O)[C@H]4N23)cc1. The highest BCUT2D eigenvalue weighted by Crippen LogP contribution is 2.58. The second kappa shape index (κ2) is 7.87. The van der Waals surface area contributed by atoms with Crippen LogP contribution in [-0.4, -0.2) is 83.8 Å². The molecule has 0 aliphatic carbocycles. The van der Waals surface area contributed by atoms with E-state index in [9.17, 15) is 19.2 Å². The molecule has 6 atom stereocenters. The molecule has 0 N–H and O–H groups in total. The number of methoxy groups -OCH3 is 2. The number of carbonyl (C=O) groups is 4. The first-order valence-electron chi connectivity index (χ1n) is 11.8. The number of hydrogen-bond acceptors (Lipinski definition) is 8. The Morgan fingerprint density at radius 3 is 1.17 bits per heavy atom. The van der Waals surface area contributed by atoms with Crippen LogP contribution in [0.5, 0.6) is 11.5 Å².